The minimum Gasteiger partial charge on any atom is -0.317 e. The third-order valence-corrected chi connectivity index (χ3v) is 3.27. The highest BCUT2D eigenvalue weighted by atomic mass is 14.9. The smallest absolute Gasteiger partial charge is 0.0205 e. The Labute approximate surface area is 110 Å². The topological polar surface area (TPSA) is 36.1 Å². The van der Waals surface area contributed by atoms with Crippen molar-refractivity contribution in [1.29, 1.82) is 0 Å². The maximum Gasteiger partial charge on any atom is 0.0205 e. The van der Waals surface area contributed by atoms with Gasteiger partial charge in [-0.2, -0.15) is 0 Å². The van der Waals surface area contributed by atoms with Crippen molar-refractivity contribution in [3.63, 3.8) is 0 Å². The molecule has 2 bridgehead atoms. The zero-order valence-corrected chi connectivity index (χ0v) is 11.4. The minimum absolute atomic E-state index is 0.981. The Balaban J connectivity index is 1.99. The first-order valence-corrected chi connectivity index (χ1v) is 7.06. The fourth-order valence-corrected chi connectivity index (χ4v) is 2.42. The summed E-state index contributed by atoms with van der Waals surface area (Å²) in [6, 6.07) is 6.87. The van der Waals surface area contributed by atoms with Crippen LogP contribution >= 0.6 is 0 Å². The molecule has 1 aromatic carbocycles. The van der Waals surface area contributed by atoms with Crippen LogP contribution in [0.1, 0.15) is 29.5 Å². The summed E-state index contributed by atoms with van der Waals surface area (Å²) in [6.45, 7) is 8.56. The fourth-order valence-electron chi connectivity index (χ4n) is 2.42. The lowest BCUT2D eigenvalue weighted by molar-refractivity contribution is 0.561. The third-order valence-electron chi connectivity index (χ3n) is 3.27. The summed E-state index contributed by atoms with van der Waals surface area (Å²) in [5.41, 5.74) is 4.16. The van der Waals surface area contributed by atoms with Gasteiger partial charge in [-0.3, -0.25) is 0 Å². The van der Waals surface area contributed by atoms with Crippen LogP contribution in [-0.2, 0) is 13.1 Å². The number of nitrogens with one attached hydrogen (secondary N) is 3. The van der Waals surface area contributed by atoms with Crippen LogP contribution in [0.15, 0.2) is 18.2 Å². The molecule has 3 N–H and O–H groups in total. The second-order valence-electron chi connectivity index (χ2n) is 5.14. The molecule has 100 valence electrons. The highest BCUT2D eigenvalue weighted by molar-refractivity contribution is 5.29. The van der Waals surface area contributed by atoms with Crippen molar-refractivity contribution in [2.75, 3.05) is 26.2 Å². The Bertz CT molecular complexity index is 333. The van der Waals surface area contributed by atoms with Crippen LogP contribution in [0.25, 0.3) is 0 Å². The quantitative estimate of drug-likeness (QED) is 0.651. The summed E-state index contributed by atoms with van der Waals surface area (Å²) >= 11 is 0. The highest BCUT2D eigenvalue weighted by Gasteiger charge is 2.00. The number of hydrogen-bond donors (Lipinski definition) is 3. The molecular weight excluding hydrogens is 222 g/mol. The third kappa shape index (κ3) is 4.77. The Morgan fingerprint density at radius 3 is 1.78 bits per heavy atom. The van der Waals surface area contributed by atoms with E-state index in [1.807, 2.05) is 0 Å². The molecule has 3 heteroatoms. The SMILES string of the molecule is Cc1cc2cc(c1)CNCCCNCCCNC2. The van der Waals surface area contributed by atoms with E-state index in [0.717, 1.165) is 39.3 Å². The lowest BCUT2D eigenvalue weighted by Gasteiger charge is -2.12. The average molecular weight is 247 g/mol. The first-order chi connectivity index (χ1) is 8.84. The van der Waals surface area contributed by atoms with Crippen molar-refractivity contribution in [3.8, 4) is 0 Å². The normalized spacial score (nSPS) is 19.2. The van der Waals surface area contributed by atoms with Crippen LogP contribution in [0.3, 0.4) is 0 Å². The molecule has 2 rings (SSSR count). The van der Waals surface area contributed by atoms with Gasteiger partial charge in [-0.15, -0.1) is 0 Å². The van der Waals surface area contributed by atoms with Crippen molar-refractivity contribution in [2.45, 2.75) is 32.9 Å². The summed E-state index contributed by atoms with van der Waals surface area (Å²) < 4.78 is 0. The van der Waals surface area contributed by atoms with Crippen molar-refractivity contribution in [3.05, 3.63) is 34.9 Å². The second-order valence-corrected chi connectivity index (χ2v) is 5.14. The van der Waals surface area contributed by atoms with Crippen LogP contribution in [0.4, 0.5) is 0 Å². The van der Waals surface area contributed by atoms with Crippen molar-refractivity contribution in [1.82, 2.24) is 16.0 Å². The molecule has 0 fully saturated rings. The van der Waals surface area contributed by atoms with E-state index < -0.39 is 0 Å². The van der Waals surface area contributed by atoms with Crippen LogP contribution in [0, 0.1) is 6.92 Å². The van der Waals surface area contributed by atoms with Crippen LogP contribution in [0.2, 0.25) is 0 Å². The number of rotatable bonds is 0. The Morgan fingerprint density at radius 2 is 1.22 bits per heavy atom. The maximum absolute atomic E-state index is 3.51. The van der Waals surface area contributed by atoms with E-state index in [1.165, 1.54) is 29.5 Å². The van der Waals surface area contributed by atoms with Crippen LogP contribution < -0.4 is 16.0 Å². The highest BCUT2D eigenvalue weighted by Crippen LogP contribution is 2.10. The molecular formula is C15H25N3. The summed E-state index contributed by atoms with van der Waals surface area (Å²) in [7, 11) is 0. The lowest BCUT2D eigenvalue weighted by atomic mass is 10.1. The number of aryl methyl sites for hydroxylation is 1. The molecule has 1 aliphatic rings. The predicted molar refractivity (Wildman–Crippen MR) is 76.7 cm³/mol. The minimum atomic E-state index is 0.981. The molecule has 0 aromatic heterocycles. The standard InChI is InChI=1S/C15H25N3/c1-13-8-14-10-15(9-13)12-18-7-3-5-16-4-2-6-17-11-14/h8-10,16-18H,2-7,11-12H2,1H3. The second kappa shape index (κ2) is 7.52. The van der Waals surface area contributed by atoms with E-state index in [-0.39, 0.29) is 0 Å². The molecule has 1 heterocycles. The summed E-state index contributed by atoms with van der Waals surface area (Å²) in [4.78, 5) is 0. The monoisotopic (exact) mass is 247 g/mol. The van der Waals surface area contributed by atoms with E-state index in [0.29, 0.717) is 0 Å². The zero-order chi connectivity index (χ0) is 12.6. The van der Waals surface area contributed by atoms with E-state index in [2.05, 4.69) is 41.1 Å². The predicted octanol–water partition coefficient (Wildman–Crippen LogP) is 1.56. The van der Waals surface area contributed by atoms with Crippen molar-refractivity contribution >= 4 is 0 Å². The number of hydrogen-bond acceptors (Lipinski definition) is 3. The molecule has 0 saturated carbocycles. The van der Waals surface area contributed by atoms with Crippen LogP contribution in [0.5, 0.6) is 0 Å². The number of fused-ring (bicyclic) bond motifs is 2. The maximum atomic E-state index is 3.51. The van der Waals surface area contributed by atoms with Gasteiger partial charge in [0, 0.05) is 13.1 Å². The van der Waals surface area contributed by atoms with Crippen LogP contribution in [-0.4, -0.2) is 26.2 Å². The molecule has 0 spiro atoms. The molecule has 0 saturated heterocycles. The average Bonchev–Trinajstić information content (AvgIpc) is 2.34. The van der Waals surface area contributed by atoms with Crippen molar-refractivity contribution < 1.29 is 0 Å². The van der Waals surface area contributed by atoms with E-state index >= 15 is 0 Å². The summed E-state index contributed by atoms with van der Waals surface area (Å²) in [6.07, 6.45) is 2.40. The Hall–Kier alpha value is -0.900. The first-order valence-electron chi connectivity index (χ1n) is 7.06. The van der Waals surface area contributed by atoms with Gasteiger partial charge >= 0.3 is 0 Å². The first kappa shape index (κ1) is 13.5. The molecule has 0 amide bonds. The molecule has 1 aromatic rings. The Morgan fingerprint density at radius 1 is 0.722 bits per heavy atom. The van der Waals surface area contributed by atoms with E-state index in [1.54, 1.807) is 0 Å². The molecule has 18 heavy (non-hydrogen) atoms. The van der Waals surface area contributed by atoms with Crippen molar-refractivity contribution in [2.24, 2.45) is 0 Å². The molecule has 0 radical (unpaired) electrons. The molecule has 1 aliphatic heterocycles. The lowest BCUT2D eigenvalue weighted by Crippen LogP contribution is -2.25. The molecule has 3 nitrogen and oxygen atoms in total. The van der Waals surface area contributed by atoms with Gasteiger partial charge in [-0.1, -0.05) is 23.8 Å². The van der Waals surface area contributed by atoms with E-state index in [9.17, 15) is 0 Å². The van der Waals surface area contributed by atoms with Gasteiger partial charge in [-0.05, 0) is 57.1 Å². The van der Waals surface area contributed by atoms with Gasteiger partial charge < -0.3 is 16.0 Å². The van der Waals surface area contributed by atoms with E-state index in [4.69, 9.17) is 0 Å². The fraction of sp³-hybridized carbons (Fsp3) is 0.600. The molecule has 0 aliphatic carbocycles. The van der Waals surface area contributed by atoms with Gasteiger partial charge in [0.1, 0.15) is 0 Å². The number of benzene rings is 1. The molecule has 0 atom stereocenters. The van der Waals surface area contributed by atoms with Gasteiger partial charge in [0.2, 0.25) is 0 Å². The van der Waals surface area contributed by atoms with Gasteiger partial charge in [0.15, 0.2) is 0 Å². The Kier molecular flexibility index (Phi) is 5.65. The molecule has 0 unspecified atom stereocenters. The van der Waals surface area contributed by atoms with Gasteiger partial charge in [-0.25, -0.2) is 0 Å². The summed E-state index contributed by atoms with van der Waals surface area (Å²) in [5.74, 6) is 0. The van der Waals surface area contributed by atoms with Gasteiger partial charge in [0.25, 0.3) is 0 Å². The summed E-state index contributed by atoms with van der Waals surface area (Å²) in [5, 5.41) is 10.5. The zero-order valence-electron chi connectivity index (χ0n) is 11.4. The largest absolute Gasteiger partial charge is 0.317 e. The van der Waals surface area contributed by atoms with Gasteiger partial charge in [0.05, 0.1) is 0 Å².